The van der Waals surface area contributed by atoms with Crippen molar-refractivity contribution in [2.45, 2.75) is 89.6 Å². The van der Waals surface area contributed by atoms with Gasteiger partial charge in [-0.2, -0.15) is 92.2 Å². The Hall–Kier alpha value is -9.27. The van der Waals surface area contributed by atoms with E-state index >= 15 is 52.7 Å². The summed E-state index contributed by atoms with van der Waals surface area (Å²) in [5.74, 6) is -78.4. The van der Waals surface area contributed by atoms with Crippen molar-refractivity contribution < 1.29 is 92.2 Å². The standard InChI is InChI=1S/C77H9F21/c78-66(79,69(80,81)70(82,83)71(84,85)72(86,87)73(88,89)74(90,91)75(92,93)76(94,95)77(96,97)98)4-3-65-2-1-6(5-65)67-61-53-45-35-25-17-9-7-8-11-15-13(9)21-29-23(15)33-27-19(11)20-12(8)16-14-10(7)18(17)26-32-22(14)30-24(16)34-28(20)38-37(27)49-43(33)51-41(29)47(39(45)31(21)25)55(61)57(51)63-59(49)60-50(38)44(34)52-42(30)48-40(32)46(36(26)35)54(53)62(67)56(48)58(52)64(60)68(63,65)67/h1-2,6H,3-5H2/t6-,65-,67?,68?/m0/s1. The molecule has 0 saturated heterocycles. The third-order valence-electron chi connectivity index (χ3n) is 30.4. The molecule has 28 aromatic carbocycles. The van der Waals surface area contributed by atoms with Crippen LogP contribution in [0.25, 0.3) is 291 Å². The number of hydrogen-bond acceptors (Lipinski definition) is 0. The maximum atomic E-state index is 17.6. The minimum absolute atomic E-state index is 0.186. The molecule has 98 heavy (non-hydrogen) atoms. The first-order valence-electron chi connectivity index (χ1n) is 32.2. The van der Waals surface area contributed by atoms with E-state index in [-0.39, 0.29) is 6.42 Å². The van der Waals surface area contributed by atoms with Crippen LogP contribution in [0.2, 0.25) is 0 Å². The van der Waals surface area contributed by atoms with Gasteiger partial charge in [-0.05, 0) is 332 Å². The van der Waals surface area contributed by atoms with Crippen molar-refractivity contribution in [3.8, 4) is 0 Å². The van der Waals surface area contributed by atoms with Gasteiger partial charge in [0.05, 0.1) is 0 Å². The van der Waals surface area contributed by atoms with Gasteiger partial charge in [0, 0.05) is 22.7 Å². The average Bonchev–Trinajstić information content (AvgIpc) is 1.37. The highest BCUT2D eigenvalue weighted by Gasteiger charge is 2.98. The van der Waals surface area contributed by atoms with E-state index in [4.69, 9.17) is 0 Å². The van der Waals surface area contributed by atoms with Gasteiger partial charge in [-0.15, -0.1) is 0 Å². The van der Waals surface area contributed by atoms with Gasteiger partial charge < -0.3 is 0 Å². The van der Waals surface area contributed by atoms with Crippen LogP contribution in [0.4, 0.5) is 92.2 Å². The maximum Gasteiger partial charge on any atom is 0.460 e. The van der Waals surface area contributed by atoms with Crippen LogP contribution < -0.4 is 0 Å². The van der Waals surface area contributed by atoms with E-state index in [1.165, 1.54) is 118 Å². The molecular weight excluding hydrogens is 1320 g/mol. The first-order chi connectivity index (χ1) is 46.3. The van der Waals surface area contributed by atoms with Crippen molar-refractivity contribution in [1.29, 1.82) is 0 Å². The molecule has 0 nitrogen and oxygen atoms in total. The first kappa shape index (κ1) is 46.9. The van der Waals surface area contributed by atoms with Crippen molar-refractivity contribution in [1.82, 2.24) is 0 Å². The van der Waals surface area contributed by atoms with Gasteiger partial charge in [0.1, 0.15) is 0 Å². The van der Waals surface area contributed by atoms with Gasteiger partial charge in [0.25, 0.3) is 0 Å². The van der Waals surface area contributed by atoms with Crippen molar-refractivity contribution in [3.63, 3.8) is 0 Å². The molecule has 0 aromatic heterocycles. The molecule has 1 fully saturated rings. The molecule has 34 rings (SSSR count). The Morgan fingerprint density at radius 1 is 0.235 bits per heavy atom. The summed E-state index contributed by atoms with van der Waals surface area (Å²) in [5.41, 5.74) is -1.76. The Morgan fingerprint density at radius 3 is 0.633 bits per heavy atom. The Kier molecular flexibility index (Phi) is 5.02. The average molecular weight is 1330 g/mol. The minimum atomic E-state index is -9.25. The summed E-state index contributed by atoms with van der Waals surface area (Å²) < 4.78 is 320. The van der Waals surface area contributed by atoms with Crippen molar-refractivity contribution >= 4 is 291 Å². The monoisotopic (exact) mass is 1330 g/mol. The molecule has 21 heteroatoms. The van der Waals surface area contributed by atoms with Gasteiger partial charge in [-0.3, -0.25) is 0 Å². The van der Waals surface area contributed by atoms with E-state index in [9.17, 15) is 39.5 Å². The predicted octanol–water partition coefficient (Wildman–Crippen LogP) is 24.9. The van der Waals surface area contributed by atoms with Crippen LogP contribution in [-0.4, -0.2) is 59.5 Å². The summed E-state index contributed by atoms with van der Waals surface area (Å²) in [7, 11) is 0. The highest BCUT2D eigenvalue weighted by Crippen LogP contribution is 2.91. The van der Waals surface area contributed by atoms with Gasteiger partial charge >= 0.3 is 59.5 Å². The molecule has 28 aromatic rings. The smallest absolute Gasteiger partial charge is 0.200 e. The lowest BCUT2D eigenvalue weighted by atomic mass is 9.41. The molecule has 0 aliphatic heterocycles. The summed E-state index contributed by atoms with van der Waals surface area (Å²) in [6, 6.07) is 0. The molecule has 1 saturated carbocycles. The zero-order valence-corrected chi connectivity index (χ0v) is 47.3. The molecule has 2 spiro atoms. The topological polar surface area (TPSA) is 0 Å². The molecular formula is C77H9F21. The Balaban J connectivity index is 0.748. The quantitative estimate of drug-likeness (QED) is 0.0688. The molecule has 6 aliphatic rings. The normalized spacial score (nSPS) is 24.0. The third kappa shape index (κ3) is 2.79. The number of hydrogen-bond donors (Lipinski definition) is 0. The molecule has 0 amide bonds. The summed E-state index contributed by atoms with van der Waals surface area (Å²) in [6.45, 7) is 0. The Morgan fingerprint density at radius 2 is 0.418 bits per heavy atom. The summed E-state index contributed by atoms with van der Waals surface area (Å²) in [6.07, 6.45) is -8.79. The lowest BCUT2D eigenvalue weighted by molar-refractivity contribution is -0.474. The molecule has 0 unspecified atom stereocenters. The number of rotatable bonds is 11. The third-order valence-corrected chi connectivity index (χ3v) is 30.4. The van der Waals surface area contributed by atoms with Gasteiger partial charge in [-0.25, -0.2) is 0 Å². The van der Waals surface area contributed by atoms with Crippen molar-refractivity contribution in [3.05, 3.63) is 34.4 Å². The number of fused-ring (bicyclic) bond motifs is 2. The van der Waals surface area contributed by atoms with E-state index in [1.54, 1.807) is 6.08 Å². The molecule has 0 heterocycles. The fourth-order valence-corrected chi connectivity index (χ4v) is 28.8. The second-order valence-corrected chi connectivity index (χ2v) is 31.9. The minimum Gasteiger partial charge on any atom is -0.200 e. The SMILES string of the molecule is FC(F)(F)C(F)(F)C(F)(F)C(F)(F)C(F)(F)C(F)(F)C(F)(F)C(F)(F)C(F)(F)C(F)(F)CC[C@@]12C=C[C@@H](C1)C13c4c5c6c7c8c9c(c%10c%11c1c1c4c4c%12c5c5c6c6c8c8c%13c9c9c%10c%10c%11c%11c1c1c4c4c%12c%12c5c5c6c8c6c8c%13c9c9c%10c%10c%11c1c1c4c4c%12c5c6c5c8c9c%10c1c45)C732. The lowest BCUT2D eigenvalue weighted by Crippen LogP contribution is -2.76. The highest BCUT2D eigenvalue weighted by molar-refractivity contribution is 6.82. The van der Waals surface area contributed by atoms with Crippen LogP contribution in [0, 0.1) is 11.3 Å². The first-order valence-corrected chi connectivity index (χ1v) is 32.2. The van der Waals surface area contributed by atoms with Crippen molar-refractivity contribution in [2.24, 2.45) is 11.3 Å². The van der Waals surface area contributed by atoms with Crippen LogP contribution in [-0.2, 0) is 10.8 Å². The van der Waals surface area contributed by atoms with Gasteiger partial charge in [0.15, 0.2) is 0 Å². The van der Waals surface area contributed by atoms with Crippen LogP contribution in [0.5, 0.6) is 0 Å². The molecule has 6 aliphatic carbocycles. The summed E-state index contributed by atoms with van der Waals surface area (Å²) in [4.78, 5) is 0. The molecule has 0 N–H and O–H groups in total. The second kappa shape index (κ2) is 10.5. The second-order valence-electron chi connectivity index (χ2n) is 31.9. The van der Waals surface area contributed by atoms with Crippen LogP contribution in [0.1, 0.15) is 41.5 Å². The number of allylic oxidation sites excluding steroid dienone is 2. The molecule has 464 valence electrons. The number of benzene rings is 18. The predicted molar refractivity (Wildman–Crippen MR) is 333 cm³/mol. The maximum absolute atomic E-state index is 17.6. The fraction of sp³-hybridized carbons (Fsp3) is 0.221. The van der Waals surface area contributed by atoms with Crippen LogP contribution in [0.15, 0.2) is 12.2 Å². The number of alkyl halides is 21. The molecule has 2 bridgehead atoms. The fourth-order valence-electron chi connectivity index (χ4n) is 28.8. The zero-order valence-electron chi connectivity index (χ0n) is 47.3. The van der Waals surface area contributed by atoms with Gasteiger partial charge in [-0.1, -0.05) is 12.2 Å². The van der Waals surface area contributed by atoms with E-state index in [2.05, 4.69) is 0 Å². The van der Waals surface area contributed by atoms with Crippen LogP contribution >= 0.6 is 0 Å². The molecule has 0 radical (unpaired) electrons. The van der Waals surface area contributed by atoms with Gasteiger partial charge in [0.2, 0.25) is 0 Å². The molecule has 2 atom stereocenters. The zero-order chi connectivity index (χ0) is 65.1. The van der Waals surface area contributed by atoms with Crippen molar-refractivity contribution in [2.75, 3.05) is 0 Å². The van der Waals surface area contributed by atoms with E-state index in [0.717, 1.165) is 195 Å². The highest BCUT2D eigenvalue weighted by atomic mass is 19.4. The Labute approximate surface area is 516 Å². The van der Waals surface area contributed by atoms with E-state index < -0.39 is 94.5 Å². The largest absolute Gasteiger partial charge is 0.460 e. The summed E-state index contributed by atoms with van der Waals surface area (Å²) >= 11 is 0. The van der Waals surface area contributed by atoms with E-state index in [0.29, 0.717) is 0 Å². The van der Waals surface area contributed by atoms with E-state index in [1.807, 2.05) is 6.08 Å². The summed E-state index contributed by atoms with van der Waals surface area (Å²) in [5, 5.41) is 59.6. The number of halogens is 21. The lowest BCUT2D eigenvalue weighted by Gasteiger charge is -2.59. The van der Waals surface area contributed by atoms with Crippen LogP contribution in [0.3, 0.4) is 0 Å². The Bertz CT molecular complexity index is 8280.